The van der Waals surface area contributed by atoms with E-state index in [4.69, 9.17) is 0 Å². The summed E-state index contributed by atoms with van der Waals surface area (Å²) >= 11 is 0.762. The van der Waals surface area contributed by atoms with Gasteiger partial charge in [0.2, 0.25) is 0 Å². The molecule has 0 fully saturated rings. The monoisotopic (exact) mass is 419 g/mol. The summed E-state index contributed by atoms with van der Waals surface area (Å²) in [5, 5.41) is 0.391. The number of alkyl halides is 6. The fourth-order valence-electron chi connectivity index (χ4n) is 2.43. The summed E-state index contributed by atoms with van der Waals surface area (Å²) in [7, 11) is 0. The number of rotatable bonds is 3. The Morgan fingerprint density at radius 2 is 1.75 bits per heavy atom. The van der Waals surface area contributed by atoms with E-state index in [-0.39, 0.29) is 15.4 Å². The molecular formula is C17H11F6N3OS. The summed E-state index contributed by atoms with van der Waals surface area (Å²) in [4.78, 5) is 16.0. The van der Waals surface area contributed by atoms with Gasteiger partial charge in [-0.25, -0.2) is 4.98 Å². The number of hydrogen-bond donors (Lipinski definition) is 2. The number of benzene rings is 1. The summed E-state index contributed by atoms with van der Waals surface area (Å²) in [6.45, 7) is 1.55. The first-order valence-electron chi connectivity index (χ1n) is 7.68. The molecule has 0 radical (unpaired) electrons. The van der Waals surface area contributed by atoms with Crippen molar-refractivity contribution in [3.05, 3.63) is 58.1 Å². The molecule has 1 aromatic carbocycles. The Morgan fingerprint density at radius 3 is 2.39 bits per heavy atom. The maximum Gasteiger partial charge on any atom is 0.433 e. The van der Waals surface area contributed by atoms with Crippen molar-refractivity contribution in [2.45, 2.75) is 19.3 Å². The number of fused-ring (bicyclic) bond motifs is 1. The number of hydrogen-bond acceptors (Lipinski definition) is 4. The van der Waals surface area contributed by atoms with E-state index in [2.05, 4.69) is 15.8 Å². The van der Waals surface area contributed by atoms with Crippen LogP contribution in [0.5, 0.6) is 0 Å². The number of anilines is 1. The average molecular weight is 419 g/mol. The van der Waals surface area contributed by atoms with E-state index in [0.29, 0.717) is 10.9 Å². The van der Waals surface area contributed by atoms with Crippen LogP contribution in [-0.4, -0.2) is 10.9 Å². The lowest BCUT2D eigenvalue weighted by Crippen LogP contribution is -2.29. The molecule has 0 spiro atoms. The number of halogens is 6. The zero-order chi connectivity index (χ0) is 20.7. The molecule has 0 aliphatic heterocycles. The number of carbonyl (C=O) groups is 1. The van der Waals surface area contributed by atoms with Gasteiger partial charge in [-0.3, -0.25) is 15.6 Å². The number of hydrazine groups is 1. The molecule has 28 heavy (non-hydrogen) atoms. The SMILES string of the molecule is Cc1c(C(=O)NNc2cccc(C(F)(F)F)c2)sc2nc(C(F)(F)F)ccc12. The highest BCUT2D eigenvalue weighted by molar-refractivity contribution is 7.20. The second-order valence-electron chi connectivity index (χ2n) is 5.76. The van der Waals surface area contributed by atoms with Crippen LogP contribution in [0.15, 0.2) is 36.4 Å². The number of nitrogens with zero attached hydrogens (tertiary/aromatic N) is 1. The lowest BCUT2D eigenvalue weighted by molar-refractivity contribution is -0.141. The standard InChI is InChI=1S/C17H11F6N3OS/c1-8-11-5-6-12(17(21,22)23)24-15(11)28-13(8)14(27)26-25-10-4-2-3-9(7-10)16(18,19)20/h2-7,25H,1H3,(H,26,27). The van der Waals surface area contributed by atoms with Crippen molar-refractivity contribution in [3.8, 4) is 0 Å². The highest BCUT2D eigenvalue weighted by Gasteiger charge is 2.33. The van der Waals surface area contributed by atoms with Crippen LogP contribution in [0.25, 0.3) is 10.2 Å². The Balaban J connectivity index is 1.81. The Labute approximate surface area is 158 Å². The van der Waals surface area contributed by atoms with Gasteiger partial charge < -0.3 is 0 Å². The molecule has 0 aliphatic carbocycles. The number of aromatic nitrogens is 1. The molecule has 4 nitrogen and oxygen atoms in total. The maximum atomic E-state index is 12.8. The van der Waals surface area contributed by atoms with Crippen LogP contribution in [0.4, 0.5) is 32.0 Å². The van der Waals surface area contributed by atoms with Crippen molar-refractivity contribution >= 4 is 33.1 Å². The molecular weight excluding hydrogens is 408 g/mol. The predicted octanol–water partition coefficient (Wildman–Crippen LogP) is 5.40. The topological polar surface area (TPSA) is 54.0 Å². The lowest BCUT2D eigenvalue weighted by Gasteiger charge is -2.11. The summed E-state index contributed by atoms with van der Waals surface area (Å²) in [5.41, 5.74) is 3.07. The number of aryl methyl sites for hydroxylation is 1. The van der Waals surface area contributed by atoms with Gasteiger partial charge in [-0.15, -0.1) is 11.3 Å². The number of amides is 1. The summed E-state index contributed by atoms with van der Waals surface area (Å²) in [6.07, 6.45) is -9.15. The molecule has 2 heterocycles. The van der Waals surface area contributed by atoms with Crippen molar-refractivity contribution in [3.63, 3.8) is 0 Å². The molecule has 0 aliphatic rings. The van der Waals surface area contributed by atoms with Gasteiger partial charge in [0.25, 0.3) is 5.91 Å². The van der Waals surface area contributed by atoms with E-state index < -0.39 is 29.5 Å². The average Bonchev–Trinajstić information content (AvgIpc) is 2.95. The summed E-state index contributed by atoms with van der Waals surface area (Å²) in [5.74, 6) is -0.702. The first-order valence-corrected chi connectivity index (χ1v) is 8.49. The molecule has 1 amide bonds. The van der Waals surface area contributed by atoms with Crippen molar-refractivity contribution < 1.29 is 31.1 Å². The fourth-order valence-corrected chi connectivity index (χ4v) is 3.51. The van der Waals surface area contributed by atoms with Crippen LogP contribution in [0.1, 0.15) is 26.5 Å². The lowest BCUT2D eigenvalue weighted by atomic mass is 10.2. The van der Waals surface area contributed by atoms with Crippen LogP contribution >= 0.6 is 11.3 Å². The van der Waals surface area contributed by atoms with Crippen molar-refractivity contribution in [1.82, 2.24) is 10.4 Å². The molecule has 0 unspecified atom stereocenters. The number of nitrogens with one attached hydrogen (secondary N) is 2. The molecule has 11 heteroatoms. The van der Waals surface area contributed by atoms with E-state index in [0.717, 1.165) is 29.5 Å². The smallest absolute Gasteiger partial charge is 0.298 e. The zero-order valence-corrected chi connectivity index (χ0v) is 14.8. The normalized spacial score (nSPS) is 12.2. The van der Waals surface area contributed by atoms with E-state index in [1.807, 2.05) is 0 Å². The Kier molecular flexibility index (Phi) is 4.96. The van der Waals surface area contributed by atoms with Crippen molar-refractivity contribution in [1.29, 1.82) is 0 Å². The minimum Gasteiger partial charge on any atom is -0.298 e. The predicted molar refractivity (Wildman–Crippen MR) is 91.9 cm³/mol. The first kappa shape index (κ1) is 19.9. The van der Waals surface area contributed by atoms with E-state index in [9.17, 15) is 31.1 Å². The molecule has 2 N–H and O–H groups in total. The van der Waals surface area contributed by atoms with Gasteiger partial charge in [0.15, 0.2) is 0 Å². The molecule has 2 aromatic heterocycles. The highest BCUT2D eigenvalue weighted by Crippen LogP contribution is 2.34. The quantitative estimate of drug-likeness (QED) is 0.442. The van der Waals surface area contributed by atoms with Gasteiger partial charge >= 0.3 is 12.4 Å². The van der Waals surface area contributed by atoms with Gasteiger partial charge in [-0.2, -0.15) is 26.3 Å². The minimum atomic E-state index is -4.61. The second-order valence-corrected chi connectivity index (χ2v) is 6.76. The third-order valence-corrected chi connectivity index (χ3v) is 5.01. The van der Waals surface area contributed by atoms with Crippen molar-refractivity contribution in [2.75, 3.05) is 5.43 Å². The molecule has 0 bridgehead atoms. The molecule has 3 rings (SSSR count). The Hall–Kier alpha value is -2.82. The molecule has 3 aromatic rings. The van der Waals surface area contributed by atoms with Gasteiger partial charge in [0.1, 0.15) is 10.5 Å². The Morgan fingerprint density at radius 1 is 1.04 bits per heavy atom. The van der Waals surface area contributed by atoms with Crippen LogP contribution in [0.2, 0.25) is 0 Å². The van der Waals surface area contributed by atoms with Crippen LogP contribution in [0.3, 0.4) is 0 Å². The van der Waals surface area contributed by atoms with Gasteiger partial charge in [0, 0.05) is 5.39 Å². The number of thiophene rings is 1. The third kappa shape index (κ3) is 4.03. The van der Waals surface area contributed by atoms with E-state index >= 15 is 0 Å². The summed E-state index contributed by atoms with van der Waals surface area (Å²) in [6, 6.07) is 6.25. The van der Waals surface area contributed by atoms with Gasteiger partial charge in [-0.1, -0.05) is 6.07 Å². The van der Waals surface area contributed by atoms with Gasteiger partial charge in [0.05, 0.1) is 16.1 Å². The second kappa shape index (κ2) is 6.97. The van der Waals surface area contributed by atoms with Crippen LogP contribution < -0.4 is 10.9 Å². The first-order chi connectivity index (χ1) is 13.0. The van der Waals surface area contributed by atoms with Crippen LogP contribution in [-0.2, 0) is 12.4 Å². The highest BCUT2D eigenvalue weighted by atomic mass is 32.1. The number of carbonyl (C=O) groups excluding carboxylic acids is 1. The maximum absolute atomic E-state index is 12.8. The van der Waals surface area contributed by atoms with Crippen LogP contribution in [0, 0.1) is 6.92 Å². The summed E-state index contributed by atoms with van der Waals surface area (Å²) < 4.78 is 76.5. The van der Waals surface area contributed by atoms with E-state index in [1.165, 1.54) is 18.2 Å². The zero-order valence-electron chi connectivity index (χ0n) is 14.0. The largest absolute Gasteiger partial charge is 0.433 e. The van der Waals surface area contributed by atoms with Gasteiger partial charge in [-0.05, 0) is 42.8 Å². The molecule has 0 saturated carbocycles. The van der Waals surface area contributed by atoms with Crippen molar-refractivity contribution in [2.24, 2.45) is 0 Å². The molecule has 148 valence electrons. The minimum absolute atomic E-state index is 0.000535. The number of pyridine rings is 1. The fraction of sp³-hybridized carbons (Fsp3) is 0.176. The molecule has 0 atom stereocenters. The third-order valence-electron chi connectivity index (χ3n) is 3.81. The van der Waals surface area contributed by atoms with E-state index in [1.54, 1.807) is 6.92 Å². The Bertz CT molecular complexity index is 1040. The molecule has 0 saturated heterocycles.